The van der Waals surface area contributed by atoms with Crippen LogP contribution < -0.4 is 5.32 Å². The van der Waals surface area contributed by atoms with Crippen molar-refractivity contribution in [3.63, 3.8) is 0 Å². The van der Waals surface area contributed by atoms with Crippen LogP contribution in [0.2, 0.25) is 0 Å². The van der Waals surface area contributed by atoms with Crippen molar-refractivity contribution in [1.29, 1.82) is 0 Å². The second-order valence-electron chi connectivity index (χ2n) is 4.71. The van der Waals surface area contributed by atoms with Gasteiger partial charge in [0.1, 0.15) is 0 Å². The van der Waals surface area contributed by atoms with Crippen LogP contribution >= 0.6 is 31.9 Å². The number of likely N-dealkylation sites (N-methyl/N-ethyl adjacent to an activating group) is 2. The summed E-state index contributed by atoms with van der Waals surface area (Å²) >= 11 is 7.12. The van der Waals surface area contributed by atoms with Crippen LogP contribution in [0.4, 0.5) is 0 Å². The molecule has 1 aromatic carbocycles. The maximum absolute atomic E-state index is 5.96. The second-order valence-corrected chi connectivity index (χ2v) is 6.42. The zero-order chi connectivity index (χ0) is 13.8. The van der Waals surface area contributed by atoms with Crippen molar-refractivity contribution >= 4 is 31.9 Å². The monoisotopic (exact) mass is 390 g/mol. The number of nitrogens with zero attached hydrogens (tertiary/aromatic N) is 1. The normalized spacial score (nSPS) is 24.6. The van der Waals surface area contributed by atoms with Gasteiger partial charge in [-0.15, -0.1) is 0 Å². The van der Waals surface area contributed by atoms with E-state index in [9.17, 15) is 0 Å². The molecule has 0 amide bonds. The highest BCUT2D eigenvalue weighted by molar-refractivity contribution is 9.13. The summed E-state index contributed by atoms with van der Waals surface area (Å²) in [6.07, 6.45) is 0.201. The minimum absolute atomic E-state index is 0.201. The van der Waals surface area contributed by atoms with E-state index < -0.39 is 0 Å². The third-order valence-electron chi connectivity index (χ3n) is 3.55. The molecule has 1 aliphatic rings. The zero-order valence-corrected chi connectivity index (χ0v) is 14.5. The second kappa shape index (κ2) is 7.18. The molecule has 1 saturated heterocycles. The molecule has 1 heterocycles. The third-order valence-corrected chi connectivity index (χ3v) is 5.43. The first-order chi connectivity index (χ1) is 9.17. The number of morpholine rings is 1. The average molecular weight is 392 g/mol. The van der Waals surface area contributed by atoms with Crippen LogP contribution in [0.25, 0.3) is 0 Å². The van der Waals surface area contributed by atoms with Crippen molar-refractivity contribution in [2.75, 3.05) is 33.3 Å². The molecule has 3 nitrogen and oxygen atoms in total. The molecule has 1 N–H and O–H groups in total. The number of benzene rings is 1. The summed E-state index contributed by atoms with van der Waals surface area (Å²) in [6, 6.07) is 6.78. The van der Waals surface area contributed by atoms with Gasteiger partial charge in [-0.25, -0.2) is 0 Å². The minimum Gasteiger partial charge on any atom is -0.374 e. The Morgan fingerprint density at radius 3 is 2.79 bits per heavy atom. The van der Waals surface area contributed by atoms with Gasteiger partial charge in [-0.3, -0.25) is 4.90 Å². The van der Waals surface area contributed by atoms with Crippen molar-refractivity contribution in [3.8, 4) is 0 Å². The van der Waals surface area contributed by atoms with E-state index in [4.69, 9.17) is 4.74 Å². The van der Waals surface area contributed by atoms with E-state index in [2.05, 4.69) is 67.2 Å². The predicted molar refractivity (Wildman–Crippen MR) is 85.5 cm³/mol. The quantitative estimate of drug-likeness (QED) is 0.852. The van der Waals surface area contributed by atoms with Gasteiger partial charge in [0.25, 0.3) is 0 Å². The molecule has 0 aromatic heterocycles. The molecule has 0 radical (unpaired) electrons. The maximum Gasteiger partial charge on any atom is 0.0896 e. The first-order valence-corrected chi connectivity index (χ1v) is 8.21. The van der Waals surface area contributed by atoms with Crippen LogP contribution in [0.1, 0.15) is 18.5 Å². The van der Waals surface area contributed by atoms with Crippen LogP contribution in [-0.4, -0.2) is 44.3 Å². The molecule has 0 bridgehead atoms. The molecule has 0 aliphatic carbocycles. The van der Waals surface area contributed by atoms with Crippen molar-refractivity contribution < 1.29 is 4.74 Å². The predicted octanol–water partition coefficient (Wildman–Crippen LogP) is 3.19. The Bertz CT molecular complexity index is 426. The molecule has 106 valence electrons. The summed E-state index contributed by atoms with van der Waals surface area (Å²) < 4.78 is 8.13. The van der Waals surface area contributed by atoms with E-state index in [0.717, 1.165) is 35.2 Å². The highest BCUT2D eigenvalue weighted by Crippen LogP contribution is 2.33. The fourth-order valence-corrected chi connectivity index (χ4v) is 3.28. The molecule has 2 atom stereocenters. The van der Waals surface area contributed by atoms with Gasteiger partial charge >= 0.3 is 0 Å². The Kier molecular flexibility index (Phi) is 5.84. The van der Waals surface area contributed by atoms with Gasteiger partial charge in [-0.1, -0.05) is 13.0 Å². The van der Waals surface area contributed by atoms with Crippen molar-refractivity contribution in [2.24, 2.45) is 0 Å². The zero-order valence-electron chi connectivity index (χ0n) is 11.3. The summed E-state index contributed by atoms with van der Waals surface area (Å²) in [4.78, 5) is 2.49. The summed E-state index contributed by atoms with van der Waals surface area (Å²) in [5.41, 5.74) is 1.30. The molecule has 1 aromatic rings. The maximum atomic E-state index is 5.96. The number of halogens is 2. The van der Waals surface area contributed by atoms with Crippen LogP contribution in [0.5, 0.6) is 0 Å². The highest BCUT2D eigenvalue weighted by Gasteiger charge is 2.32. The van der Waals surface area contributed by atoms with Gasteiger partial charge < -0.3 is 10.1 Å². The number of nitrogens with one attached hydrogen (secondary N) is 1. The summed E-state index contributed by atoms with van der Waals surface area (Å²) in [6.45, 7) is 5.93. The van der Waals surface area contributed by atoms with Crippen molar-refractivity contribution in [2.45, 2.75) is 19.1 Å². The Balaban J connectivity index is 2.30. The molecule has 2 rings (SSSR count). The van der Waals surface area contributed by atoms with Crippen molar-refractivity contribution in [1.82, 2.24) is 10.2 Å². The van der Waals surface area contributed by atoms with E-state index in [1.54, 1.807) is 0 Å². The van der Waals surface area contributed by atoms with Crippen LogP contribution in [0, 0.1) is 0 Å². The van der Waals surface area contributed by atoms with Gasteiger partial charge in [-0.05, 0) is 63.1 Å². The Morgan fingerprint density at radius 2 is 2.16 bits per heavy atom. The van der Waals surface area contributed by atoms with Gasteiger partial charge in [0, 0.05) is 22.0 Å². The number of ether oxygens (including phenoxy) is 1. The minimum atomic E-state index is 0.201. The SMILES string of the molecule is CCN1CCOC(CNC)C1c1ccc(Br)c(Br)c1. The average Bonchev–Trinajstić information content (AvgIpc) is 2.42. The molecule has 0 saturated carbocycles. The Morgan fingerprint density at radius 1 is 1.37 bits per heavy atom. The lowest BCUT2D eigenvalue weighted by Crippen LogP contribution is -2.48. The fourth-order valence-electron chi connectivity index (χ4n) is 2.64. The summed E-state index contributed by atoms with van der Waals surface area (Å²) in [5.74, 6) is 0. The molecule has 5 heteroatoms. The standard InChI is InChI=1S/C14H20Br2N2O/c1-3-18-6-7-19-13(9-17-2)14(18)10-4-5-11(15)12(16)8-10/h4-5,8,13-14,17H,3,6-7,9H2,1-2H3. The largest absolute Gasteiger partial charge is 0.374 e. The fraction of sp³-hybridized carbons (Fsp3) is 0.571. The van der Waals surface area contributed by atoms with E-state index >= 15 is 0 Å². The van der Waals surface area contributed by atoms with Crippen LogP contribution in [0.3, 0.4) is 0 Å². The number of hydrogen-bond acceptors (Lipinski definition) is 3. The molecule has 0 spiro atoms. The molecular weight excluding hydrogens is 372 g/mol. The summed E-state index contributed by atoms with van der Waals surface area (Å²) in [5, 5.41) is 3.24. The van der Waals surface area contributed by atoms with E-state index in [1.807, 2.05) is 7.05 Å². The van der Waals surface area contributed by atoms with E-state index in [1.165, 1.54) is 5.56 Å². The van der Waals surface area contributed by atoms with Gasteiger partial charge in [0.15, 0.2) is 0 Å². The lowest BCUT2D eigenvalue weighted by atomic mass is 9.98. The lowest BCUT2D eigenvalue weighted by Gasteiger charge is -2.41. The smallest absolute Gasteiger partial charge is 0.0896 e. The van der Waals surface area contributed by atoms with Crippen molar-refractivity contribution in [3.05, 3.63) is 32.7 Å². The van der Waals surface area contributed by atoms with E-state index in [0.29, 0.717) is 6.04 Å². The molecule has 1 fully saturated rings. The lowest BCUT2D eigenvalue weighted by molar-refractivity contribution is -0.0686. The topological polar surface area (TPSA) is 24.5 Å². The van der Waals surface area contributed by atoms with E-state index in [-0.39, 0.29) is 6.10 Å². The number of rotatable bonds is 4. The first kappa shape index (κ1) is 15.4. The summed E-state index contributed by atoms with van der Waals surface area (Å²) in [7, 11) is 1.98. The Hall–Kier alpha value is 0.0600. The molecule has 2 unspecified atom stereocenters. The van der Waals surface area contributed by atoms with Gasteiger partial charge in [0.2, 0.25) is 0 Å². The molecule has 1 aliphatic heterocycles. The van der Waals surface area contributed by atoms with Crippen LogP contribution in [0.15, 0.2) is 27.1 Å². The van der Waals surface area contributed by atoms with Gasteiger partial charge in [-0.2, -0.15) is 0 Å². The first-order valence-electron chi connectivity index (χ1n) is 6.62. The molecular formula is C14H20Br2N2O. The number of hydrogen-bond donors (Lipinski definition) is 1. The Labute approximate surface area is 132 Å². The highest BCUT2D eigenvalue weighted by atomic mass is 79.9. The van der Waals surface area contributed by atoms with Crippen LogP contribution in [-0.2, 0) is 4.74 Å². The third kappa shape index (κ3) is 3.58. The molecule has 19 heavy (non-hydrogen) atoms. The van der Waals surface area contributed by atoms with Gasteiger partial charge in [0.05, 0.1) is 18.8 Å².